The Hall–Kier alpha value is -2.05. The highest BCUT2D eigenvalue weighted by atomic mass is 19.4. The molecular weight excluding hydrogens is 221 g/mol. The van der Waals surface area contributed by atoms with Crippen LogP contribution < -0.4 is 11.5 Å². The molecule has 16 heavy (non-hydrogen) atoms. The van der Waals surface area contributed by atoms with Gasteiger partial charge in [-0.15, -0.1) is 0 Å². The summed E-state index contributed by atoms with van der Waals surface area (Å²) in [5.74, 6) is -0.412. The Labute approximate surface area is 88.1 Å². The Balaban J connectivity index is 2.85. The molecule has 0 atom stereocenters. The fourth-order valence-electron chi connectivity index (χ4n) is 1.38. The molecule has 0 saturated heterocycles. The molecule has 0 aliphatic rings. The van der Waals surface area contributed by atoms with Gasteiger partial charge in [0.2, 0.25) is 5.95 Å². The molecule has 0 aliphatic heterocycles. The van der Waals surface area contributed by atoms with Crippen LogP contribution in [0.3, 0.4) is 0 Å². The molecule has 4 nitrogen and oxygen atoms in total. The Bertz CT molecular complexity index is 550. The molecule has 0 bridgehead atoms. The molecule has 2 rings (SSSR count). The normalized spacial score (nSPS) is 11.9. The van der Waals surface area contributed by atoms with Gasteiger partial charge in [0, 0.05) is 11.1 Å². The third kappa shape index (κ3) is 1.71. The van der Waals surface area contributed by atoms with Crippen molar-refractivity contribution in [3.8, 4) is 0 Å². The summed E-state index contributed by atoms with van der Waals surface area (Å²) in [4.78, 5) is 6.90. The van der Waals surface area contributed by atoms with Gasteiger partial charge < -0.3 is 11.5 Å². The van der Waals surface area contributed by atoms with Gasteiger partial charge in [-0.1, -0.05) is 0 Å². The summed E-state index contributed by atoms with van der Waals surface area (Å²) in [6.07, 6.45) is -4.58. The Morgan fingerprint density at radius 3 is 2.38 bits per heavy atom. The maximum absolute atomic E-state index is 12.6. The molecule has 0 saturated carbocycles. The zero-order valence-corrected chi connectivity index (χ0v) is 7.92. The van der Waals surface area contributed by atoms with Gasteiger partial charge >= 0.3 is 6.18 Å². The van der Waals surface area contributed by atoms with Crippen LogP contribution >= 0.6 is 0 Å². The predicted molar refractivity (Wildman–Crippen MR) is 53.4 cm³/mol. The standard InChI is InChI=1S/C9H7F3N4/c10-9(11,12)7-5-3-4(13)1-2-6(5)15-8(14)16-7/h1-3H,13H2,(H2,14,15,16). The van der Waals surface area contributed by atoms with Crippen molar-refractivity contribution in [3.05, 3.63) is 23.9 Å². The lowest BCUT2D eigenvalue weighted by atomic mass is 10.1. The molecule has 0 unspecified atom stereocenters. The molecule has 1 aromatic carbocycles. The van der Waals surface area contributed by atoms with Crippen molar-refractivity contribution >= 4 is 22.5 Å². The number of fused-ring (bicyclic) bond motifs is 1. The molecular formula is C9H7F3N4. The van der Waals surface area contributed by atoms with E-state index in [0.29, 0.717) is 0 Å². The van der Waals surface area contributed by atoms with E-state index in [4.69, 9.17) is 11.5 Å². The number of hydrogen-bond donors (Lipinski definition) is 2. The molecule has 4 N–H and O–H groups in total. The third-order valence-electron chi connectivity index (χ3n) is 2.01. The number of anilines is 2. The zero-order valence-electron chi connectivity index (χ0n) is 7.92. The smallest absolute Gasteiger partial charge is 0.399 e. The summed E-state index contributed by atoms with van der Waals surface area (Å²) in [7, 11) is 0. The fraction of sp³-hybridized carbons (Fsp3) is 0.111. The minimum Gasteiger partial charge on any atom is -0.399 e. The molecule has 0 fully saturated rings. The summed E-state index contributed by atoms with van der Waals surface area (Å²) >= 11 is 0. The SMILES string of the molecule is Nc1ccc2nc(N)nc(C(F)(F)F)c2c1. The van der Waals surface area contributed by atoms with Crippen molar-refractivity contribution in [2.75, 3.05) is 11.5 Å². The van der Waals surface area contributed by atoms with Crippen molar-refractivity contribution in [2.24, 2.45) is 0 Å². The van der Waals surface area contributed by atoms with Gasteiger partial charge in [-0.25, -0.2) is 9.97 Å². The second kappa shape index (κ2) is 3.22. The van der Waals surface area contributed by atoms with Gasteiger partial charge in [0.25, 0.3) is 0 Å². The van der Waals surface area contributed by atoms with Crippen LogP contribution in [-0.2, 0) is 6.18 Å². The molecule has 0 spiro atoms. The van der Waals surface area contributed by atoms with E-state index in [1.54, 1.807) is 0 Å². The second-order valence-corrected chi connectivity index (χ2v) is 3.20. The van der Waals surface area contributed by atoms with Gasteiger partial charge in [0.15, 0.2) is 5.69 Å². The van der Waals surface area contributed by atoms with Crippen LogP contribution in [0.25, 0.3) is 10.9 Å². The van der Waals surface area contributed by atoms with Crippen molar-refractivity contribution in [1.82, 2.24) is 9.97 Å². The third-order valence-corrected chi connectivity index (χ3v) is 2.01. The first kappa shape index (κ1) is 10.5. The summed E-state index contributed by atoms with van der Waals surface area (Å²) in [6.45, 7) is 0. The highest BCUT2D eigenvalue weighted by molar-refractivity contribution is 5.85. The number of aromatic nitrogens is 2. The summed E-state index contributed by atoms with van der Waals surface area (Å²) in [5, 5.41) is -0.151. The van der Waals surface area contributed by atoms with Gasteiger partial charge in [0.05, 0.1) is 5.52 Å². The van der Waals surface area contributed by atoms with E-state index in [9.17, 15) is 13.2 Å². The van der Waals surface area contributed by atoms with Gasteiger partial charge in [-0.05, 0) is 18.2 Å². The number of benzene rings is 1. The lowest BCUT2D eigenvalue weighted by molar-refractivity contribution is -0.139. The van der Waals surface area contributed by atoms with Crippen LogP contribution in [0.15, 0.2) is 18.2 Å². The molecule has 0 radical (unpaired) electrons. The quantitative estimate of drug-likeness (QED) is 0.674. The summed E-state index contributed by atoms with van der Waals surface area (Å²) in [5.41, 5.74) is 9.89. The van der Waals surface area contributed by atoms with Crippen LogP contribution in [-0.4, -0.2) is 9.97 Å². The van der Waals surface area contributed by atoms with E-state index in [0.717, 1.165) is 0 Å². The minimum atomic E-state index is -4.58. The van der Waals surface area contributed by atoms with E-state index < -0.39 is 17.8 Å². The van der Waals surface area contributed by atoms with Crippen LogP contribution in [0.1, 0.15) is 5.69 Å². The highest BCUT2D eigenvalue weighted by Gasteiger charge is 2.35. The maximum atomic E-state index is 12.6. The highest BCUT2D eigenvalue weighted by Crippen LogP contribution is 2.33. The number of alkyl halides is 3. The summed E-state index contributed by atoms with van der Waals surface area (Å²) in [6, 6.07) is 4.00. The number of halogens is 3. The minimum absolute atomic E-state index is 0.119. The van der Waals surface area contributed by atoms with Crippen molar-refractivity contribution in [3.63, 3.8) is 0 Å². The molecule has 1 aromatic heterocycles. The molecule has 1 heterocycles. The Morgan fingerprint density at radius 1 is 1.06 bits per heavy atom. The molecule has 7 heteroatoms. The van der Waals surface area contributed by atoms with Gasteiger partial charge in [-0.3, -0.25) is 0 Å². The molecule has 84 valence electrons. The van der Waals surface area contributed by atoms with E-state index in [2.05, 4.69) is 9.97 Å². The van der Waals surface area contributed by atoms with E-state index >= 15 is 0 Å². The predicted octanol–water partition coefficient (Wildman–Crippen LogP) is 1.81. The number of rotatable bonds is 0. The summed E-state index contributed by atoms with van der Waals surface area (Å²) < 4.78 is 37.9. The van der Waals surface area contributed by atoms with Crippen molar-refractivity contribution in [1.29, 1.82) is 0 Å². The monoisotopic (exact) mass is 228 g/mol. The topological polar surface area (TPSA) is 77.8 Å². The van der Waals surface area contributed by atoms with Gasteiger partial charge in [0.1, 0.15) is 0 Å². The fourth-order valence-corrected chi connectivity index (χ4v) is 1.38. The number of nitrogen functional groups attached to an aromatic ring is 2. The lowest BCUT2D eigenvalue weighted by Gasteiger charge is -2.09. The first-order valence-electron chi connectivity index (χ1n) is 4.28. The largest absolute Gasteiger partial charge is 0.434 e. The van der Waals surface area contributed by atoms with E-state index in [1.165, 1.54) is 18.2 Å². The maximum Gasteiger partial charge on any atom is 0.434 e. The molecule has 0 aliphatic carbocycles. The second-order valence-electron chi connectivity index (χ2n) is 3.20. The van der Waals surface area contributed by atoms with Crippen LogP contribution in [0, 0.1) is 0 Å². The molecule has 2 aromatic rings. The number of hydrogen-bond acceptors (Lipinski definition) is 4. The number of nitrogens with zero attached hydrogens (tertiary/aromatic N) is 2. The van der Waals surface area contributed by atoms with Crippen molar-refractivity contribution < 1.29 is 13.2 Å². The van der Waals surface area contributed by atoms with Gasteiger partial charge in [-0.2, -0.15) is 13.2 Å². The number of nitrogens with two attached hydrogens (primary N) is 2. The Kier molecular flexibility index (Phi) is 2.11. The van der Waals surface area contributed by atoms with E-state index in [-0.39, 0.29) is 16.6 Å². The molecule has 0 amide bonds. The van der Waals surface area contributed by atoms with Crippen molar-refractivity contribution in [2.45, 2.75) is 6.18 Å². The van der Waals surface area contributed by atoms with Crippen LogP contribution in [0.4, 0.5) is 24.8 Å². The first-order chi connectivity index (χ1) is 7.38. The Morgan fingerprint density at radius 2 is 1.75 bits per heavy atom. The lowest BCUT2D eigenvalue weighted by Crippen LogP contribution is -2.11. The zero-order chi connectivity index (χ0) is 11.9. The van der Waals surface area contributed by atoms with Crippen LogP contribution in [0.5, 0.6) is 0 Å². The average Bonchev–Trinajstić information content (AvgIpc) is 2.16. The average molecular weight is 228 g/mol. The van der Waals surface area contributed by atoms with E-state index in [1.807, 2.05) is 0 Å². The van der Waals surface area contributed by atoms with Crippen LogP contribution in [0.2, 0.25) is 0 Å². The first-order valence-corrected chi connectivity index (χ1v) is 4.28.